The normalized spacial score (nSPS) is 10.6. The van der Waals surface area contributed by atoms with E-state index in [0.717, 1.165) is 28.3 Å². The lowest BCUT2D eigenvalue weighted by Gasteiger charge is -2.10. The molecule has 30 heavy (non-hydrogen) atoms. The van der Waals surface area contributed by atoms with E-state index in [1.807, 2.05) is 41.9 Å². The number of thiazole rings is 2. The van der Waals surface area contributed by atoms with Crippen LogP contribution in [0.3, 0.4) is 0 Å². The van der Waals surface area contributed by atoms with Gasteiger partial charge < -0.3 is 9.47 Å². The quantitative estimate of drug-likeness (QED) is 0.418. The second kappa shape index (κ2) is 9.06. The van der Waals surface area contributed by atoms with Crippen molar-refractivity contribution in [1.82, 2.24) is 9.97 Å². The van der Waals surface area contributed by atoms with Crippen LogP contribution in [0.2, 0.25) is 0 Å². The molecule has 0 bridgehead atoms. The fourth-order valence-electron chi connectivity index (χ4n) is 2.88. The molecule has 0 fully saturated rings. The molecular weight excluding hydrogens is 418 g/mol. The highest BCUT2D eigenvalue weighted by molar-refractivity contribution is 7.14. The van der Waals surface area contributed by atoms with Crippen LogP contribution < -0.4 is 14.8 Å². The van der Waals surface area contributed by atoms with Crippen molar-refractivity contribution in [3.8, 4) is 22.8 Å². The van der Waals surface area contributed by atoms with E-state index in [4.69, 9.17) is 9.47 Å². The summed E-state index contributed by atoms with van der Waals surface area (Å²) in [5.74, 6) is 0.964. The Hall–Kier alpha value is -3.23. The maximum atomic E-state index is 12.9. The summed E-state index contributed by atoms with van der Waals surface area (Å²) in [7, 11) is 1.63. The fourth-order valence-corrected chi connectivity index (χ4v) is 4.13. The van der Waals surface area contributed by atoms with E-state index >= 15 is 0 Å². The zero-order chi connectivity index (χ0) is 20.9. The lowest BCUT2D eigenvalue weighted by Crippen LogP contribution is -2.13. The molecule has 1 N–H and O–H groups in total. The monoisotopic (exact) mass is 437 g/mol. The number of hydrogen-bond donors (Lipinski definition) is 1. The van der Waals surface area contributed by atoms with Crippen molar-refractivity contribution in [1.29, 1.82) is 0 Å². The van der Waals surface area contributed by atoms with Gasteiger partial charge in [0.25, 0.3) is 5.91 Å². The Bertz CT molecular complexity index is 1160. The van der Waals surface area contributed by atoms with Crippen molar-refractivity contribution >= 4 is 33.7 Å². The molecule has 2 aromatic heterocycles. The molecule has 2 aromatic carbocycles. The molecule has 0 saturated carbocycles. The second-order valence-electron chi connectivity index (χ2n) is 6.46. The molecule has 0 radical (unpaired) electrons. The number of aromatic nitrogens is 2. The van der Waals surface area contributed by atoms with Crippen LogP contribution in [0.4, 0.5) is 5.13 Å². The van der Waals surface area contributed by atoms with Gasteiger partial charge in [0, 0.05) is 16.3 Å². The molecule has 0 atom stereocenters. The van der Waals surface area contributed by atoms with Crippen molar-refractivity contribution in [2.45, 2.75) is 13.5 Å². The van der Waals surface area contributed by atoms with Gasteiger partial charge in [0.1, 0.15) is 18.1 Å². The molecule has 1 amide bonds. The van der Waals surface area contributed by atoms with Crippen molar-refractivity contribution < 1.29 is 14.3 Å². The fraction of sp³-hybridized carbons (Fsp3) is 0.136. The maximum absolute atomic E-state index is 12.9. The van der Waals surface area contributed by atoms with Gasteiger partial charge in [0.15, 0.2) is 5.13 Å². The predicted molar refractivity (Wildman–Crippen MR) is 120 cm³/mol. The molecule has 0 saturated heterocycles. The number of rotatable bonds is 7. The van der Waals surface area contributed by atoms with Gasteiger partial charge >= 0.3 is 0 Å². The molecule has 0 spiro atoms. The summed E-state index contributed by atoms with van der Waals surface area (Å²) >= 11 is 2.87. The van der Waals surface area contributed by atoms with E-state index < -0.39 is 0 Å². The van der Waals surface area contributed by atoms with Crippen molar-refractivity contribution in [3.63, 3.8) is 0 Å². The average molecular weight is 438 g/mol. The summed E-state index contributed by atoms with van der Waals surface area (Å²) in [6.45, 7) is 2.32. The summed E-state index contributed by atoms with van der Waals surface area (Å²) in [5.41, 5.74) is 5.77. The van der Waals surface area contributed by atoms with Gasteiger partial charge in [-0.3, -0.25) is 10.1 Å². The SMILES string of the molecule is COc1ccc(C)cc1-c1csc(NC(=O)c2ccccc2OCc2cscn2)n1. The van der Waals surface area contributed by atoms with Crippen LogP contribution in [-0.2, 0) is 6.61 Å². The Morgan fingerprint density at radius 1 is 1.13 bits per heavy atom. The summed E-state index contributed by atoms with van der Waals surface area (Å²) in [6.07, 6.45) is 0. The average Bonchev–Trinajstić information content (AvgIpc) is 3.44. The molecular formula is C22H19N3O3S2. The third-order valence-corrected chi connectivity index (χ3v) is 5.74. The largest absolute Gasteiger partial charge is 0.496 e. The zero-order valence-corrected chi connectivity index (χ0v) is 18.0. The molecule has 4 rings (SSSR count). The molecule has 2 heterocycles. The number of anilines is 1. The zero-order valence-electron chi connectivity index (χ0n) is 16.4. The Labute approximate surface area is 182 Å². The molecule has 0 aliphatic rings. The van der Waals surface area contributed by atoms with Crippen molar-refractivity contribution in [2.24, 2.45) is 0 Å². The Balaban J connectivity index is 1.51. The highest BCUT2D eigenvalue weighted by Crippen LogP contribution is 2.33. The minimum Gasteiger partial charge on any atom is -0.496 e. The first-order chi connectivity index (χ1) is 14.6. The van der Waals surface area contributed by atoms with Gasteiger partial charge in [-0.1, -0.05) is 23.8 Å². The first kappa shape index (κ1) is 20.1. The number of methoxy groups -OCH3 is 1. The summed E-state index contributed by atoms with van der Waals surface area (Å²) in [5, 5.41) is 7.19. The van der Waals surface area contributed by atoms with Crippen LogP contribution in [0.5, 0.6) is 11.5 Å². The van der Waals surface area contributed by atoms with Crippen LogP contribution in [-0.4, -0.2) is 23.0 Å². The number of hydrogen-bond acceptors (Lipinski definition) is 7. The topological polar surface area (TPSA) is 73.3 Å². The van der Waals surface area contributed by atoms with E-state index in [-0.39, 0.29) is 5.91 Å². The van der Waals surface area contributed by atoms with E-state index in [0.29, 0.717) is 23.1 Å². The molecule has 0 unspecified atom stereocenters. The third kappa shape index (κ3) is 4.50. The number of aryl methyl sites for hydroxylation is 1. The molecule has 152 valence electrons. The maximum Gasteiger partial charge on any atom is 0.261 e. The summed E-state index contributed by atoms with van der Waals surface area (Å²) < 4.78 is 11.3. The number of benzene rings is 2. The number of carbonyl (C=O) groups is 1. The van der Waals surface area contributed by atoms with Gasteiger partial charge in [0.05, 0.1) is 29.6 Å². The van der Waals surface area contributed by atoms with E-state index in [2.05, 4.69) is 15.3 Å². The molecule has 6 nitrogen and oxygen atoms in total. The molecule has 4 aromatic rings. The number of carbonyl (C=O) groups excluding carboxylic acids is 1. The first-order valence-corrected chi connectivity index (χ1v) is 11.0. The Kier molecular flexibility index (Phi) is 6.06. The van der Waals surface area contributed by atoms with Crippen LogP contribution in [0.15, 0.2) is 58.7 Å². The second-order valence-corrected chi connectivity index (χ2v) is 8.04. The van der Waals surface area contributed by atoms with Gasteiger partial charge in [-0.05, 0) is 31.2 Å². The number of nitrogens with zero attached hydrogens (tertiary/aromatic N) is 2. The molecule has 0 aliphatic heterocycles. The lowest BCUT2D eigenvalue weighted by molar-refractivity contribution is 0.102. The number of ether oxygens (including phenoxy) is 2. The minimum atomic E-state index is -0.277. The minimum absolute atomic E-state index is 0.277. The Morgan fingerprint density at radius 3 is 2.80 bits per heavy atom. The third-order valence-electron chi connectivity index (χ3n) is 4.35. The van der Waals surface area contributed by atoms with Crippen molar-refractivity contribution in [3.05, 3.63) is 75.6 Å². The van der Waals surface area contributed by atoms with Crippen LogP contribution >= 0.6 is 22.7 Å². The first-order valence-electron chi connectivity index (χ1n) is 9.15. The number of amides is 1. The van der Waals surface area contributed by atoms with Gasteiger partial charge in [-0.15, -0.1) is 22.7 Å². The summed E-state index contributed by atoms with van der Waals surface area (Å²) in [4.78, 5) is 21.6. The van der Waals surface area contributed by atoms with Crippen LogP contribution in [0.1, 0.15) is 21.6 Å². The number of para-hydroxylation sites is 1. The van der Waals surface area contributed by atoms with Gasteiger partial charge in [0.2, 0.25) is 0 Å². The smallest absolute Gasteiger partial charge is 0.261 e. The van der Waals surface area contributed by atoms with Crippen molar-refractivity contribution in [2.75, 3.05) is 12.4 Å². The van der Waals surface area contributed by atoms with Crippen LogP contribution in [0.25, 0.3) is 11.3 Å². The lowest BCUT2D eigenvalue weighted by atomic mass is 10.1. The van der Waals surface area contributed by atoms with E-state index in [9.17, 15) is 4.79 Å². The molecule has 0 aliphatic carbocycles. The highest BCUT2D eigenvalue weighted by atomic mass is 32.1. The standard InChI is InChI=1S/C22H19N3O3S2/c1-14-7-8-19(27-2)17(9-14)18-12-30-22(24-18)25-21(26)16-5-3-4-6-20(16)28-10-15-11-29-13-23-15/h3-9,11-13H,10H2,1-2H3,(H,24,25,26). The highest BCUT2D eigenvalue weighted by Gasteiger charge is 2.16. The van der Waals surface area contributed by atoms with Gasteiger partial charge in [-0.2, -0.15) is 0 Å². The van der Waals surface area contributed by atoms with Crippen LogP contribution in [0, 0.1) is 6.92 Å². The van der Waals surface area contributed by atoms with E-state index in [1.54, 1.807) is 30.8 Å². The summed E-state index contributed by atoms with van der Waals surface area (Å²) in [6, 6.07) is 13.0. The van der Waals surface area contributed by atoms with E-state index in [1.165, 1.54) is 22.7 Å². The predicted octanol–water partition coefficient (Wildman–Crippen LogP) is 5.41. The number of nitrogens with one attached hydrogen (secondary N) is 1. The molecule has 8 heteroatoms. The Morgan fingerprint density at radius 2 is 2.00 bits per heavy atom. The van der Waals surface area contributed by atoms with Gasteiger partial charge in [-0.25, -0.2) is 9.97 Å².